The summed E-state index contributed by atoms with van der Waals surface area (Å²) >= 11 is 0. The average Bonchev–Trinajstić information content (AvgIpc) is 3.03. The van der Waals surface area contributed by atoms with Crippen molar-refractivity contribution < 1.29 is 9.90 Å². The molecule has 134 valence electrons. The summed E-state index contributed by atoms with van der Waals surface area (Å²) in [6.07, 6.45) is 1.38. The van der Waals surface area contributed by atoms with Gasteiger partial charge in [-0.15, -0.1) is 0 Å². The number of amides is 2. The number of likely N-dealkylation sites (N-methyl/N-ethyl adjacent to an activating group) is 1. The van der Waals surface area contributed by atoms with Crippen LogP contribution in [0.3, 0.4) is 0 Å². The fourth-order valence-corrected chi connectivity index (χ4v) is 3.78. The molecule has 3 rings (SSSR count). The Hall–Kier alpha value is -2.10. The highest BCUT2D eigenvalue weighted by molar-refractivity contribution is 5.76. The van der Waals surface area contributed by atoms with Crippen molar-refractivity contribution in [3.63, 3.8) is 0 Å². The largest absolute Gasteiger partial charge is 0.387 e. The number of carbonyl (C=O) groups excluding carboxylic acids is 1. The van der Waals surface area contributed by atoms with Gasteiger partial charge >= 0.3 is 6.03 Å². The standard InChI is InChI=1S/C19H26N4O2/c1-2-22-11-12-23(19(22)25)17-7-9-21(10-8-17)14-18(24)16-5-3-15(13-20)4-6-16/h3-6,17-18,24H,2,7-12,14H2,1H3. The Bertz CT molecular complexity index is 632. The van der Waals surface area contributed by atoms with Gasteiger partial charge in [0, 0.05) is 45.3 Å². The van der Waals surface area contributed by atoms with E-state index in [1.807, 2.05) is 28.9 Å². The van der Waals surface area contributed by atoms with Crippen molar-refractivity contribution in [2.24, 2.45) is 0 Å². The second-order valence-corrected chi connectivity index (χ2v) is 6.84. The van der Waals surface area contributed by atoms with Crippen molar-refractivity contribution in [3.8, 4) is 6.07 Å². The van der Waals surface area contributed by atoms with Crippen LogP contribution in [0.5, 0.6) is 0 Å². The number of carbonyl (C=O) groups is 1. The lowest BCUT2D eigenvalue weighted by molar-refractivity contribution is 0.0785. The van der Waals surface area contributed by atoms with E-state index in [0.717, 1.165) is 51.1 Å². The van der Waals surface area contributed by atoms with Crippen LogP contribution in [0, 0.1) is 11.3 Å². The molecule has 1 aromatic rings. The molecule has 0 aliphatic carbocycles. The number of hydrogen-bond acceptors (Lipinski definition) is 4. The third kappa shape index (κ3) is 3.94. The second kappa shape index (κ2) is 7.85. The topological polar surface area (TPSA) is 70.8 Å². The summed E-state index contributed by atoms with van der Waals surface area (Å²) in [6, 6.07) is 9.71. The molecule has 25 heavy (non-hydrogen) atoms. The van der Waals surface area contributed by atoms with Crippen LogP contribution in [0.4, 0.5) is 4.79 Å². The van der Waals surface area contributed by atoms with Crippen molar-refractivity contribution in [2.45, 2.75) is 31.9 Å². The molecule has 2 aliphatic rings. The Morgan fingerprint density at radius 3 is 2.44 bits per heavy atom. The zero-order valence-electron chi connectivity index (χ0n) is 14.8. The Balaban J connectivity index is 1.49. The first-order chi connectivity index (χ1) is 12.1. The van der Waals surface area contributed by atoms with Gasteiger partial charge in [0.25, 0.3) is 0 Å². The first kappa shape index (κ1) is 17.7. The fraction of sp³-hybridized carbons (Fsp3) is 0.579. The van der Waals surface area contributed by atoms with E-state index in [0.29, 0.717) is 18.2 Å². The molecule has 1 unspecified atom stereocenters. The molecule has 2 fully saturated rings. The van der Waals surface area contributed by atoms with Crippen LogP contribution in [-0.4, -0.2) is 71.1 Å². The summed E-state index contributed by atoms with van der Waals surface area (Å²) in [5, 5.41) is 19.3. The molecule has 1 atom stereocenters. The molecule has 1 aromatic carbocycles. The van der Waals surface area contributed by atoms with Gasteiger partial charge in [0.15, 0.2) is 0 Å². The molecule has 6 nitrogen and oxygen atoms in total. The summed E-state index contributed by atoms with van der Waals surface area (Å²) in [4.78, 5) is 18.5. The summed E-state index contributed by atoms with van der Waals surface area (Å²) in [7, 11) is 0. The molecule has 1 N–H and O–H groups in total. The van der Waals surface area contributed by atoms with Crippen LogP contribution >= 0.6 is 0 Å². The molecule has 2 amide bonds. The van der Waals surface area contributed by atoms with Crippen molar-refractivity contribution in [2.75, 3.05) is 39.3 Å². The van der Waals surface area contributed by atoms with Crippen molar-refractivity contribution in [3.05, 3.63) is 35.4 Å². The molecule has 0 aromatic heterocycles. The lowest BCUT2D eigenvalue weighted by Crippen LogP contribution is -2.47. The van der Waals surface area contributed by atoms with E-state index in [9.17, 15) is 9.90 Å². The van der Waals surface area contributed by atoms with E-state index in [2.05, 4.69) is 11.0 Å². The number of hydrogen-bond donors (Lipinski definition) is 1. The van der Waals surface area contributed by atoms with Gasteiger partial charge in [0.1, 0.15) is 0 Å². The summed E-state index contributed by atoms with van der Waals surface area (Å²) in [6.45, 7) is 6.87. The number of piperidine rings is 1. The first-order valence-electron chi connectivity index (χ1n) is 9.08. The van der Waals surface area contributed by atoms with Crippen LogP contribution < -0.4 is 0 Å². The van der Waals surface area contributed by atoms with Gasteiger partial charge in [-0.25, -0.2) is 4.79 Å². The van der Waals surface area contributed by atoms with Gasteiger partial charge in [-0.3, -0.25) is 0 Å². The van der Waals surface area contributed by atoms with Crippen molar-refractivity contribution in [1.82, 2.24) is 14.7 Å². The van der Waals surface area contributed by atoms with E-state index < -0.39 is 6.10 Å². The van der Waals surface area contributed by atoms with E-state index in [-0.39, 0.29) is 6.03 Å². The third-order valence-corrected chi connectivity index (χ3v) is 5.36. The smallest absolute Gasteiger partial charge is 0.320 e. The number of aliphatic hydroxyl groups is 1. The number of β-amino-alcohol motifs (C(OH)–C–C–N with tert-alkyl or cyclic N) is 1. The fourth-order valence-electron chi connectivity index (χ4n) is 3.78. The number of rotatable bonds is 5. The molecule has 0 spiro atoms. The van der Waals surface area contributed by atoms with E-state index in [4.69, 9.17) is 5.26 Å². The number of urea groups is 1. The molecule has 0 radical (unpaired) electrons. The predicted octanol–water partition coefficient (Wildman–Crippen LogP) is 1.81. The summed E-state index contributed by atoms with van der Waals surface area (Å²) < 4.78 is 0. The first-order valence-corrected chi connectivity index (χ1v) is 9.08. The minimum absolute atomic E-state index is 0.179. The maximum Gasteiger partial charge on any atom is 0.320 e. The average molecular weight is 342 g/mol. The Kier molecular flexibility index (Phi) is 5.57. The number of benzene rings is 1. The van der Waals surface area contributed by atoms with Crippen LogP contribution in [0.25, 0.3) is 0 Å². The Morgan fingerprint density at radius 2 is 1.88 bits per heavy atom. The predicted molar refractivity (Wildman–Crippen MR) is 94.9 cm³/mol. The number of nitriles is 1. The highest BCUT2D eigenvalue weighted by Gasteiger charge is 2.34. The van der Waals surface area contributed by atoms with E-state index in [1.165, 1.54) is 0 Å². The Morgan fingerprint density at radius 1 is 1.20 bits per heavy atom. The summed E-state index contributed by atoms with van der Waals surface area (Å²) in [5.74, 6) is 0. The molecule has 0 bridgehead atoms. The van der Waals surface area contributed by atoms with Gasteiger partial charge in [0.2, 0.25) is 0 Å². The van der Waals surface area contributed by atoms with Gasteiger partial charge in [-0.1, -0.05) is 12.1 Å². The SMILES string of the molecule is CCN1CCN(C2CCN(CC(O)c3ccc(C#N)cc3)CC2)C1=O. The quantitative estimate of drug-likeness (QED) is 0.886. The van der Waals surface area contributed by atoms with Gasteiger partial charge in [-0.2, -0.15) is 5.26 Å². The molecule has 0 saturated carbocycles. The maximum atomic E-state index is 12.3. The van der Waals surface area contributed by atoms with Gasteiger partial charge < -0.3 is 19.8 Å². The second-order valence-electron chi connectivity index (χ2n) is 6.84. The lowest BCUT2D eigenvalue weighted by atomic mass is 10.0. The minimum Gasteiger partial charge on any atom is -0.387 e. The third-order valence-electron chi connectivity index (χ3n) is 5.36. The normalized spacial score (nSPS) is 20.8. The van der Waals surface area contributed by atoms with Crippen molar-refractivity contribution in [1.29, 1.82) is 5.26 Å². The molecule has 2 aliphatic heterocycles. The number of nitrogens with zero attached hydrogens (tertiary/aromatic N) is 4. The molecular weight excluding hydrogens is 316 g/mol. The monoisotopic (exact) mass is 342 g/mol. The van der Waals surface area contributed by atoms with Crippen LogP contribution in [0.15, 0.2) is 24.3 Å². The number of likely N-dealkylation sites (tertiary alicyclic amines) is 1. The van der Waals surface area contributed by atoms with E-state index >= 15 is 0 Å². The summed E-state index contributed by atoms with van der Waals surface area (Å²) in [5.41, 5.74) is 1.45. The molecule has 6 heteroatoms. The molecule has 2 saturated heterocycles. The minimum atomic E-state index is -0.548. The number of aliphatic hydroxyl groups excluding tert-OH is 1. The lowest BCUT2D eigenvalue weighted by Gasteiger charge is -2.37. The van der Waals surface area contributed by atoms with Crippen LogP contribution in [0.2, 0.25) is 0 Å². The van der Waals surface area contributed by atoms with Gasteiger partial charge in [-0.05, 0) is 37.5 Å². The van der Waals surface area contributed by atoms with Gasteiger partial charge in [0.05, 0.1) is 17.7 Å². The maximum absolute atomic E-state index is 12.3. The highest BCUT2D eigenvalue weighted by Crippen LogP contribution is 2.23. The van der Waals surface area contributed by atoms with Crippen LogP contribution in [-0.2, 0) is 0 Å². The zero-order valence-corrected chi connectivity index (χ0v) is 14.8. The van der Waals surface area contributed by atoms with Crippen molar-refractivity contribution >= 4 is 6.03 Å². The molecular formula is C19H26N4O2. The highest BCUT2D eigenvalue weighted by atomic mass is 16.3. The zero-order chi connectivity index (χ0) is 17.8. The van der Waals surface area contributed by atoms with E-state index in [1.54, 1.807) is 12.1 Å². The van der Waals surface area contributed by atoms with Crippen LogP contribution in [0.1, 0.15) is 37.0 Å². The Labute approximate surface area is 149 Å². The molecule has 2 heterocycles.